The van der Waals surface area contributed by atoms with E-state index in [9.17, 15) is 13.9 Å². The number of rotatable bonds is 1. The molecule has 2 fully saturated rings. The van der Waals surface area contributed by atoms with E-state index in [-0.39, 0.29) is 11.5 Å². The highest BCUT2D eigenvalue weighted by atomic mass is 32.2. The molecule has 1 aromatic rings. The minimum absolute atomic E-state index is 0.00602. The minimum atomic E-state index is -3.61. The molecule has 3 aliphatic heterocycles. The lowest BCUT2D eigenvalue weighted by Gasteiger charge is -2.36. The standard InChI is InChI=1S/C14H14F2O3S/c15-14(16)18-11-4-1-8(5-12(11)19-14)13(17)6-9-2-3-10(7-13)20-9/h1,4-5,9-10,17H,2-3,6-7H2. The topological polar surface area (TPSA) is 38.7 Å². The first-order valence-electron chi connectivity index (χ1n) is 6.72. The van der Waals surface area contributed by atoms with Gasteiger partial charge in [0.2, 0.25) is 0 Å². The van der Waals surface area contributed by atoms with Gasteiger partial charge in [0.25, 0.3) is 0 Å². The molecule has 0 saturated carbocycles. The van der Waals surface area contributed by atoms with E-state index in [1.54, 1.807) is 6.07 Å². The smallest absolute Gasteiger partial charge is 0.395 e. The minimum Gasteiger partial charge on any atom is -0.395 e. The lowest BCUT2D eigenvalue weighted by Crippen LogP contribution is -2.34. The van der Waals surface area contributed by atoms with Gasteiger partial charge in [0.1, 0.15) is 0 Å². The summed E-state index contributed by atoms with van der Waals surface area (Å²) in [5.74, 6) is 0.0296. The third-order valence-corrected chi connectivity index (χ3v) is 5.84. The van der Waals surface area contributed by atoms with Gasteiger partial charge in [-0.15, -0.1) is 8.78 Å². The fourth-order valence-corrected chi connectivity index (χ4v) is 5.22. The molecule has 0 radical (unpaired) electrons. The zero-order valence-corrected chi connectivity index (χ0v) is 11.5. The van der Waals surface area contributed by atoms with E-state index < -0.39 is 11.9 Å². The predicted molar refractivity (Wildman–Crippen MR) is 70.2 cm³/mol. The predicted octanol–water partition coefficient (Wildman–Crippen LogP) is 3.25. The van der Waals surface area contributed by atoms with E-state index in [0.717, 1.165) is 12.8 Å². The molecule has 2 bridgehead atoms. The molecular weight excluding hydrogens is 286 g/mol. The Labute approximate surface area is 119 Å². The maximum Gasteiger partial charge on any atom is 0.586 e. The first-order valence-corrected chi connectivity index (χ1v) is 7.66. The Morgan fingerprint density at radius 3 is 2.45 bits per heavy atom. The molecule has 2 unspecified atom stereocenters. The highest BCUT2D eigenvalue weighted by Crippen LogP contribution is 2.52. The van der Waals surface area contributed by atoms with Crippen LogP contribution in [0.3, 0.4) is 0 Å². The van der Waals surface area contributed by atoms with Crippen molar-refractivity contribution in [1.29, 1.82) is 0 Å². The Kier molecular flexibility index (Phi) is 2.55. The van der Waals surface area contributed by atoms with Crippen LogP contribution < -0.4 is 9.47 Å². The number of fused-ring (bicyclic) bond motifs is 3. The van der Waals surface area contributed by atoms with E-state index >= 15 is 0 Å². The van der Waals surface area contributed by atoms with E-state index in [0.29, 0.717) is 28.9 Å². The van der Waals surface area contributed by atoms with Crippen molar-refractivity contribution in [3.63, 3.8) is 0 Å². The van der Waals surface area contributed by atoms with Gasteiger partial charge in [0.05, 0.1) is 5.60 Å². The van der Waals surface area contributed by atoms with Crippen molar-refractivity contribution in [2.45, 2.75) is 48.1 Å². The molecule has 108 valence electrons. The maximum atomic E-state index is 13.0. The second kappa shape index (κ2) is 4.01. The van der Waals surface area contributed by atoms with Crippen LogP contribution in [0.2, 0.25) is 0 Å². The van der Waals surface area contributed by atoms with Gasteiger partial charge in [-0.25, -0.2) is 0 Å². The van der Waals surface area contributed by atoms with Gasteiger partial charge in [-0.2, -0.15) is 11.8 Å². The van der Waals surface area contributed by atoms with Crippen LogP contribution in [-0.2, 0) is 5.60 Å². The largest absolute Gasteiger partial charge is 0.586 e. The zero-order valence-electron chi connectivity index (χ0n) is 10.6. The number of aliphatic hydroxyl groups is 1. The summed E-state index contributed by atoms with van der Waals surface area (Å²) in [5, 5.41) is 11.8. The number of halogens is 2. The molecule has 0 aliphatic carbocycles. The monoisotopic (exact) mass is 300 g/mol. The highest BCUT2D eigenvalue weighted by molar-refractivity contribution is 8.00. The summed E-state index contributed by atoms with van der Waals surface area (Å²) in [6, 6.07) is 4.61. The van der Waals surface area contributed by atoms with Crippen LogP contribution in [0.1, 0.15) is 31.2 Å². The molecule has 0 aromatic heterocycles. The molecule has 3 aliphatic rings. The molecule has 1 aromatic carbocycles. The summed E-state index contributed by atoms with van der Waals surface area (Å²) in [5.41, 5.74) is -0.289. The molecular formula is C14H14F2O3S. The number of hydrogen-bond donors (Lipinski definition) is 1. The van der Waals surface area contributed by atoms with E-state index in [1.807, 2.05) is 11.8 Å². The summed E-state index contributed by atoms with van der Waals surface area (Å²) >= 11 is 1.94. The molecule has 2 atom stereocenters. The molecule has 0 spiro atoms. The van der Waals surface area contributed by atoms with Crippen LogP contribution in [0.4, 0.5) is 8.78 Å². The van der Waals surface area contributed by atoms with Gasteiger partial charge in [0, 0.05) is 10.5 Å². The second-order valence-electron chi connectivity index (χ2n) is 5.73. The van der Waals surface area contributed by atoms with Crippen LogP contribution in [0, 0.1) is 0 Å². The summed E-state index contributed by atoms with van der Waals surface area (Å²) in [7, 11) is 0. The van der Waals surface area contributed by atoms with Crippen molar-refractivity contribution >= 4 is 11.8 Å². The summed E-state index contributed by atoms with van der Waals surface area (Å²) < 4.78 is 34.9. The van der Waals surface area contributed by atoms with Gasteiger partial charge in [-0.1, -0.05) is 6.07 Å². The van der Waals surface area contributed by atoms with Gasteiger partial charge in [0.15, 0.2) is 11.5 Å². The van der Waals surface area contributed by atoms with Crippen LogP contribution in [0.5, 0.6) is 11.5 Å². The quantitative estimate of drug-likeness (QED) is 0.864. The molecule has 20 heavy (non-hydrogen) atoms. The van der Waals surface area contributed by atoms with Crippen molar-refractivity contribution in [3.8, 4) is 11.5 Å². The Morgan fingerprint density at radius 2 is 1.75 bits per heavy atom. The van der Waals surface area contributed by atoms with E-state index in [2.05, 4.69) is 9.47 Å². The molecule has 1 N–H and O–H groups in total. The highest BCUT2D eigenvalue weighted by Gasteiger charge is 2.47. The Hall–Kier alpha value is -1.01. The van der Waals surface area contributed by atoms with Crippen molar-refractivity contribution < 1.29 is 23.4 Å². The maximum absolute atomic E-state index is 13.0. The van der Waals surface area contributed by atoms with Gasteiger partial charge in [-0.05, 0) is 43.4 Å². The summed E-state index contributed by atoms with van der Waals surface area (Å²) in [6.07, 6.45) is -0.0139. The van der Waals surface area contributed by atoms with Crippen molar-refractivity contribution in [3.05, 3.63) is 23.8 Å². The first kappa shape index (κ1) is 12.7. The Morgan fingerprint density at radius 1 is 1.10 bits per heavy atom. The third kappa shape index (κ3) is 1.97. The average Bonchev–Trinajstić information content (AvgIpc) is 2.86. The van der Waals surface area contributed by atoms with Crippen molar-refractivity contribution in [1.82, 2.24) is 0 Å². The number of alkyl halides is 2. The summed E-state index contributed by atoms with van der Waals surface area (Å²) in [4.78, 5) is 0. The SMILES string of the molecule is OC1(c2ccc3c(c2)OC(F)(F)O3)CC2CCC(C1)S2. The summed E-state index contributed by atoms with van der Waals surface area (Å²) in [6.45, 7) is 0. The molecule has 3 heterocycles. The van der Waals surface area contributed by atoms with E-state index in [4.69, 9.17) is 0 Å². The molecule has 2 saturated heterocycles. The lowest BCUT2D eigenvalue weighted by atomic mass is 9.86. The number of benzene rings is 1. The zero-order chi connectivity index (χ0) is 14.0. The molecule has 4 rings (SSSR count). The van der Waals surface area contributed by atoms with Crippen LogP contribution in [-0.4, -0.2) is 21.9 Å². The normalized spacial score (nSPS) is 37.1. The fraction of sp³-hybridized carbons (Fsp3) is 0.571. The van der Waals surface area contributed by atoms with Gasteiger partial charge in [-0.3, -0.25) is 0 Å². The van der Waals surface area contributed by atoms with Crippen LogP contribution in [0.25, 0.3) is 0 Å². The van der Waals surface area contributed by atoms with Gasteiger partial charge >= 0.3 is 6.29 Å². The lowest BCUT2D eigenvalue weighted by molar-refractivity contribution is -0.286. The molecule has 3 nitrogen and oxygen atoms in total. The molecule has 6 heteroatoms. The number of hydrogen-bond acceptors (Lipinski definition) is 4. The van der Waals surface area contributed by atoms with Crippen LogP contribution in [0.15, 0.2) is 18.2 Å². The first-order chi connectivity index (χ1) is 9.44. The van der Waals surface area contributed by atoms with Crippen molar-refractivity contribution in [2.75, 3.05) is 0 Å². The Balaban J connectivity index is 1.67. The van der Waals surface area contributed by atoms with E-state index in [1.165, 1.54) is 12.1 Å². The van der Waals surface area contributed by atoms with Gasteiger partial charge < -0.3 is 14.6 Å². The van der Waals surface area contributed by atoms with Crippen molar-refractivity contribution in [2.24, 2.45) is 0 Å². The fourth-order valence-electron chi connectivity index (χ4n) is 3.39. The number of thioether (sulfide) groups is 1. The molecule has 0 amide bonds. The third-order valence-electron chi connectivity index (χ3n) is 4.26. The Bertz CT molecular complexity index is 551. The second-order valence-corrected chi connectivity index (χ2v) is 7.33. The van der Waals surface area contributed by atoms with Crippen LogP contribution >= 0.6 is 11.8 Å². The number of ether oxygens (including phenoxy) is 2. The average molecular weight is 300 g/mol.